The van der Waals surface area contributed by atoms with Crippen molar-refractivity contribution in [3.8, 4) is 0 Å². The molecule has 2 N–H and O–H groups in total. The molecule has 0 spiro atoms. The molecule has 0 amide bonds. The molecule has 4 heteroatoms. The number of anilines is 1. The lowest BCUT2D eigenvalue weighted by Crippen LogP contribution is -2.13. The Balaban J connectivity index is 2.69. The van der Waals surface area contributed by atoms with Gasteiger partial charge < -0.3 is 10.5 Å². The van der Waals surface area contributed by atoms with E-state index in [4.69, 9.17) is 10.5 Å². The van der Waals surface area contributed by atoms with Crippen molar-refractivity contribution >= 4 is 11.7 Å². The highest BCUT2D eigenvalue weighted by atomic mass is 19.1. The molecule has 3 nitrogen and oxygen atoms in total. The van der Waals surface area contributed by atoms with Crippen LogP contribution in [0.3, 0.4) is 0 Å². The van der Waals surface area contributed by atoms with Crippen molar-refractivity contribution in [2.24, 2.45) is 5.92 Å². The lowest BCUT2D eigenvalue weighted by molar-refractivity contribution is 0.0448. The van der Waals surface area contributed by atoms with Gasteiger partial charge in [-0.2, -0.15) is 0 Å². The third kappa shape index (κ3) is 3.22. The molecule has 1 rings (SSSR count). The molecule has 0 aliphatic carbocycles. The van der Waals surface area contributed by atoms with Gasteiger partial charge in [-0.15, -0.1) is 0 Å². The molecule has 0 aliphatic heterocycles. The highest BCUT2D eigenvalue weighted by molar-refractivity contribution is 5.95. The number of nitrogens with two attached hydrogens (primary N) is 1. The summed E-state index contributed by atoms with van der Waals surface area (Å²) in [7, 11) is 0. The van der Waals surface area contributed by atoms with E-state index < -0.39 is 11.8 Å². The van der Waals surface area contributed by atoms with Crippen molar-refractivity contribution < 1.29 is 13.9 Å². The number of nitrogen functional groups attached to an aromatic ring is 1. The molecule has 0 aliphatic rings. The van der Waals surface area contributed by atoms with Gasteiger partial charge in [0.1, 0.15) is 5.82 Å². The number of benzene rings is 1. The van der Waals surface area contributed by atoms with E-state index in [-0.39, 0.29) is 11.3 Å². The fraction of sp³-hybridized carbons (Fsp3) is 0.417. The fourth-order valence-corrected chi connectivity index (χ4v) is 1.12. The second-order valence-electron chi connectivity index (χ2n) is 3.84. The van der Waals surface area contributed by atoms with Gasteiger partial charge in [-0.25, -0.2) is 9.18 Å². The fourth-order valence-electron chi connectivity index (χ4n) is 1.12. The van der Waals surface area contributed by atoms with Crippen molar-refractivity contribution in [2.45, 2.75) is 20.3 Å². The summed E-state index contributed by atoms with van der Waals surface area (Å²) in [5, 5.41) is 0. The largest absolute Gasteiger partial charge is 0.462 e. The number of carbonyl (C=O) groups excluding carboxylic acids is 1. The summed E-state index contributed by atoms with van der Waals surface area (Å²) in [5.41, 5.74) is 5.88. The van der Waals surface area contributed by atoms with E-state index in [1.165, 1.54) is 12.1 Å². The van der Waals surface area contributed by atoms with Crippen LogP contribution in [0, 0.1) is 11.7 Å². The number of hydrogen-bond donors (Lipinski definition) is 1. The molecule has 16 heavy (non-hydrogen) atoms. The van der Waals surface area contributed by atoms with Crippen molar-refractivity contribution in [1.29, 1.82) is 0 Å². The highest BCUT2D eigenvalue weighted by Crippen LogP contribution is 2.15. The zero-order valence-electron chi connectivity index (χ0n) is 9.50. The minimum absolute atomic E-state index is 0.0864. The van der Waals surface area contributed by atoms with Crippen LogP contribution in [0.25, 0.3) is 0 Å². The van der Waals surface area contributed by atoms with E-state index in [0.29, 0.717) is 12.5 Å². The van der Waals surface area contributed by atoms with Gasteiger partial charge in [-0.05, 0) is 24.1 Å². The molecule has 0 aromatic heterocycles. The monoisotopic (exact) mass is 225 g/mol. The molecule has 1 aromatic carbocycles. The number of esters is 1. The first-order valence-electron chi connectivity index (χ1n) is 5.26. The predicted molar refractivity (Wildman–Crippen MR) is 60.5 cm³/mol. The number of carbonyl (C=O) groups is 1. The van der Waals surface area contributed by atoms with E-state index in [9.17, 15) is 9.18 Å². The maximum Gasteiger partial charge on any atom is 0.340 e. The molecule has 1 unspecified atom stereocenters. The molecule has 0 saturated heterocycles. The Kier molecular flexibility index (Phi) is 4.28. The van der Waals surface area contributed by atoms with Gasteiger partial charge in [-0.3, -0.25) is 0 Å². The van der Waals surface area contributed by atoms with Gasteiger partial charge in [0.25, 0.3) is 0 Å². The van der Waals surface area contributed by atoms with Crippen LogP contribution >= 0.6 is 0 Å². The summed E-state index contributed by atoms with van der Waals surface area (Å²) < 4.78 is 17.9. The van der Waals surface area contributed by atoms with E-state index in [1.807, 2.05) is 13.8 Å². The predicted octanol–water partition coefficient (Wildman–Crippen LogP) is 2.61. The minimum atomic E-state index is -0.572. The van der Waals surface area contributed by atoms with Gasteiger partial charge in [0.15, 0.2) is 0 Å². The van der Waals surface area contributed by atoms with E-state index in [2.05, 4.69) is 0 Å². The molecular weight excluding hydrogens is 209 g/mol. The Morgan fingerprint density at radius 3 is 2.88 bits per heavy atom. The number of ether oxygens (including phenoxy) is 1. The SMILES string of the molecule is CCC(C)COC(=O)c1cc(F)ccc1N. The van der Waals surface area contributed by atoms with Crippen molar-refractivity contribution in [1.82, 2.24) is 0 Å². The summed E-state index contributed by atoms with van der Waals surface area (Å²) in [6.45, 7) is 4.31. The standard InChI is InChI=1S/C12H16FNO2/c1-3-8(2)7-16-12(15)10-6-9(13)4-5-11(10)14/h4-6,8H,3,7,14H2,1-2H3. The van der Waals surface area contributed by atoms with Crippen LogP contribution in [-0.2, 0) is 4.74 Å². The summed E-state index contributed by atoms with van der Waals surface area (Å²) in [4.78, 5) is 11.6. The minimum Gasteiger partial charge on any atom is -0.462 e. The normalized spacial score (nSPS) is 12.2. The van der Waals surface area contributed by atoms with Gasteiger partial charge in [-0.1, -0.05) is 20.3 Å². The van der Waals surface area contributed by atoms with Crippen LogP contribution < -0.4 is 5.73 Å². The summed E-state index contributed by atoms with van der Waals surface area (Å²) >= 11 is 0. The topological polar surface area (TPSA) is 52.3 Å². The average molecular weight is 225 g/mol. The molecule has 0 radical (unpaired) electrons. The molecule has 1 aromatic rings. The van der Waals surface area contributed by atoms with Crippen molar-refractivity contribution in [3.05, 3.63) is 29.6 Å². The molecule has 0 saturated carbocycles. The van der Waals surface area contributed by atoms with Crippen molar-refractivity contribution in [3.63, 3.8) is 0 Å². The first-order valence-corrected chi connectivity index (χ1v) is 5.26. The third-order valence-electron chi connectivity index (χ3n) is 2.43. The van der Waals surface area contributed by atoms with Crippen LogP contribution in [0.1, 0.15) is 30.6 Å². The first-order chi connectivity index (χ1) is 7.54. The van der Waals surface area contributed by atoms with E-state index >= 15 is 0 Å². The summed E-state index contributed by atoms with van der Waals surface area (Å²) in [6, 6.07) is 3.66. The third-order valence-corrected chi connectivity index (χ3v) is 2.43. The Morgan fingerprint density at radius 1 is 1.56 bits per heavy atom. The van der Waals surface area contributed by atoms with Crippen LogP contribution in [0.15, 0.2) is 18.2 Å². The molecule has 0 heterocycles. The van der Waals surface area contributed by atoms with Crippen LogP contribution in [0.4, 0.5) is 10.1 Å². The van der Waals surface area contributed by atoms with Crippen LogP contribution in [0.5, 0.6) is 0 Å². The van der Waals surface area contributed by atoms with Gasteiger partial charge in [0.2, 0.25) is 0 Å². The quantitative estimate of drug-likeness (QED) is 0.633. The highest BCUT2D eigenvalue weighted by Gasteiger charge is 2.13. The van der Waals surface area contributed by atoms with Gasteiger partial charge in [0.05, 0.1) is 12.2 Å². The van der Waals surface area contributed by atoms with E-state index in [0.717, 1.165) is 12.5 Å². The summed E-state index contributed by atoms with van der Waals surface area (Å²) in [6.07, 6.45) is 0.923. The average Bonchev–Trinajstić information content (AvgIpc) is 2.28. The first kappa shape index (κ1) is 12.5. The Hall–Kier alpha value is -1.58. The van der Waals surface area contributed by atoms with Gasteiger partial charge in [0, 0.05) is 5.69 Å². The molecule has 0 bridgehead atoms. The number of halogens is 1. The second-order valence-corrected chi connectivity index (χ2v) is 3.84. The maximum absolute atomic E-state index is 12.9. The smallest absolute Gasteiger partial charge is 0.340 e. The lowest BCUT2D eigenvalue weighted by atomic mass is 10.1. The molecule has 1 atom stereocenters. The molecular formula is C12H16FNO2. The second kappa shape index (κ2) is 5.49. The number of hydrogen-bond acceptors (Lipinski definition) is 3. The zero-order valence-corrected chi connectivity index (χ0v) is 9.50. The summed E-state index contributed by atoms with van der Waals surface area (Å²) in [5.74, 6) is -0.777. The van der Waals surface area contributed by atoms with Gasteiger partial charge >= 0.3 is 5.97 Å². The van der Waals surface area contributed by atoms with E-state index in [1.54, 1.807) is 0 Å². The zero-order chi connectivity index (χ0) is 12.1. The molecule has 88 valence electrons. The lowest BCUT2D eigenvalue weighted by Gasteiger charge is -2.10. The van der Waals surface area contributed by atoms with Crippen LogP contribution in [0.2, 0.25) is 0 Å². The Morgan fingerprint density at radius 2 is 2.25 bits per heavy atom. The number of rotatable bonds is 4. The maximum atomic E-state index is 12.9. The Bertz CT molecular complexity index is 379. The molecule has 0 fully saturated rings. The Labute approximate surface area is 94.4 Å². The van der Waals surface area contributed by atoms with Crippen LogP contribution in [-0.4, -0.2) is 12.6 Å². The van der Waals surface area contributed by atoms with Crippen molar-refractivity contribution in [2.75, 3.05) is 12.3 Å².